The molecule has 0 amide bonds. The van der Waals surface area contributed by atoms with Crippen LogP contribution in [0.5, 0.6) is 0 Å². The fourth-order valence-electron chi connectivity index (χ4n) is 7.87. The van der Waals surface area contributed by atoms with Crippen LogP contribution in [0.2, 0.25) is 0 Å². The van der Waals surface area contributed by atoms with Crippen molar-refractivity contribution in [1.29, 1.82) is 0 Å². The summed E-state index contributed by atoms with van der Waals surface area (Å²) < 4.78 is 0. The third-order valence-electron chi connectivity index (χ3n) is 9.30. The molecule has 23 heavy (non-hydrogen) atoms. The Bertz CT molecular complexity index is 524. The second-order valence-corrected chi connectivity index (χ2v) is 10.3. The van der Waals surface area contributed by atoms with Gasteiger partial charge in [0.25, 0.3) is 0 Å². The average molecular weight is 319 g/mol. The Kier molecular flexibility index (Phi) is 3.39. The second kappa shape index (κ2) is 4.84. The topological polar surface area (TPSA) is 37.3 Å². The van der Waals surface area contributed by atoms with E-state index in [-0.39, 0.29) is 16.9 Å². The molecule has 0 saturated heterocycles. The largest absolute Gasteiger partial charge is 0.393 e. The van der Waals surface area contributed by atoms with Crippen molar-refractivity contribution in [3.8, 4) is 0 Å². The van der Waals surface area contributed by atoms with Crippen LogP contribution in [0.1, 0.15) is 79.1 Å². The molecule has 1 unspecified atom stereocenters. The molecule has 130 valence electrons. The van der Waals surface area contributed by atoms with Gasteiger partial charge in [0.05, 0.1) is 6.10 Å². The van der Waals surface area contributed by atoms with E-state index in [1.165, 1.54) is 32.1 Å². The van der Waals surface area contributed by atoms with Gasteiger partial charge in [0.15, 0.2) is 0 Å². The summed E-state index contributed by atoms with van der Waals surface area (Å²) in [6.45, 7) is 9.29. The predicted molar refractivity (Wildman–Crippen MR) is 91.9 cm³/mol. The van der Waals surface area contributed by atoms with Gasteiger partial charge in [-0.05, 0) is 79.4 Å². The molecular weight excluding hydrogens is 284 g/mol. The van der Waals surface area contributed by atoms with Crippen LogP contribution in [0.4, 0.5) is 0 Å². The Morgan fingerprint density at radius 1 is 0.870 bits per heavy atom. The van der Waals surface area contributed by atoms with Crippen molar-refractivity contribution in [1.82, 2.24) is 0 Å². The first kappa shape index (κ1) is 16.1. The zero-order valence-corrected chi connectivity index (χ0v) is 15.4. The number of ketones is 1. The van der Waals surface area contributed by atoms with Crippen LogP contribution in [0, 0.1) is 39.9 Å². The third kappa shape index (κ3) is 1.94. The fraction of sp³-hybridized carbons (Fsp3) is 0.952. The minimum atomic E-state index is -0.131. The highest BCUT2D eigenvalue weighted by molar-refractivity contribution is 5.85. The van der Waals surface area contributed by atoms with Crippen LogP contribution in [0.25, 0.3) is 0 Å². The lowest BCUT2D eigenvalue weighted by molar-refractivity contribution is -0.166. The summed E-state index contributed by atoms with van der Waals surface area (Å²) >= 11 is 0. The number of Topliss-reactive ketones (excluding diaryl/α,β-unsaturated/α-hetero) is 1. The Hall–Kier alpha value is -0.370. The SMILES string of the molecule is CC1(C)C(=O)CC[C@@]2(C)C1CC[C@H]1[C@@H]3CC[C@H](O)[C@@]3(C)CC[C@@H]12. The molecular formula is C21H34O2. The van der Waals surface area contributed by atoms with Crippen molar-refractivity contribution in [2.24, 2.45) is 39.9 Å². The maximum atomic E-state index is 12.5. The molecule has 0 radical (unpaired) electrons. The molecule has 0 spiro atoms. The lowest BCUT2D eigenvalue weighted by Gasteiger charge is -2.63. The first-order valence-corrected chi connectivity index (χ1v) is 9.92. The number of hydrogen-bond donors (Lipinski definition) is 1. The molecule has 7 atom stereocenters. The molecule has 0 aromatic rings. The van der Waals surface area contributed by atoms with Gasteiger partial charge in [-0.3, -0.25) is 4.79 Å². The van der Waals surface area contributed by atoms with Crippen LogP contribution in [0.15, 0.2) is 0 Å². The molecule has 0 heterocycles. The quantitative estimate of drug-likeness (QED) is 0.709. The van der Waals surface area contributed by atoms with Crippen molar-refractivity contribution in [3.05, 3.63) is 0 Å². The molecule has 4 aliphatic carbocycles. The summed E-state index contributed by atoms with van der Waals surface area (Å²) in [5.41, 5.74) is 0.382. The summed E-state index contributed by atoms with van der Waals surface area (Å²) in [5, 5.41) is 10.5. The number of carbonyl (C=O) groups is 1. The Morgan fingerprint density at radius 2 is 1.57 bits per heavy atom. The molecule has 0 aliphatic heterocycles. The monoisotopic (exact) mass is 318 g/mol. The van der Waals surface area contributed by atoms with Crippen molar-refractivity contribution in [3.63, 3.8) is 0 Å². The summed E-state index contributed by atoms with van der Waals surface area (Å²) in [6.07, 6.45) is 9.01. The van der Waals surface area contributed by atoms with Gasteiger partial charge in [-0.2, -0.15) is 0 Å². The van der Waals surface area contributed by atoms with Crippen LogP contribution in [0.3, 0.4) is 0 Å². The smallest absolute Gasteiger partial charge is 0.138 e. The number of hydrogen-bond acceptors (Lipinski definition) is 2. The number of aliphatic hydroxyl groups excluding tert-OH is 1. The van der Waals surface area contributed by atoms with Gasteiger partial charge in [-0.1, -0.05) is 27.7 Å². The van der Waals surface area contributed by atoms with Crippen LogP contribution in [-0.2, 0) is 4.79 Å². The Balaban J connectivity index is 1.68. The van der Waals surface area contributed by atoms with Gasteiger partial charge in [-0.25, -0.2) is 0 Å². The van der Waals surface area contributed by atoms with E-state index in [1.807, 2.05) is 0 Å². The van der Waals surface area contributed by atoms with E-state index >= 15 is 0 Å². The second-order valence-electron chi connectivity index (χ2n) is 10.3. The number of aliphatic hydroxyl groups is 1. The molecule has 1 N–H and O–H groups in total. The molecule has 0 bridgehead atoms. The molecule has 4 aliphatic rings. The highest BCUT2D eigenvalue weighted by Gasteiger charge is 2.62. The van der Waals surface area contributed by atoms with E-state index in [1.54, 1.807) is 0 Å². The lowest BCUT2D eigenvalue weighted by atomic mass is 9.41. The molecule has 4 rings (SSSR count). The van der Waals surface area contributed by atoms with E-state index in [2.05, 4.69) is 27.7 Å². The fourth-order valence-corrected chi connectivity index (χ4v) is 7.87. The Morgan fingerprint density at radius 3 is 2.30 bits per heavy atom. The average Bonchev–Trinajstić information content (AvgIpc) is 2.79. The van der Waals surface area contributed by atoms with Gasteiger partial charge >= 0.3 is 0 Å². The third-order valence-corrected chi connectivity index (χ3v) is 9.30. The van der Waals surface area contributed by atoms with Crippen LogP contribution < -0.4 is 0 Å². The molecule has 4 fully saturated rings. The molecule has 2 nitrogen and oxygen atoms in total. The number of fused-ring (bicyclic) bond motifs is 5. The number of rotatable bonds is 0. The molecule has 4 saturated carbocycles. The van der Waals surface area contributed by atoms with Crippen molar-refractivity contribution in [2.45, 2.75) is 85.2 Å². The number of carbonyl (C=O) groups excluding carboxylic acids is 1. The normalized spacial score (nSPS) is 55.0. The van der Waals surface area contributed by atoms with E-state index in [9.17, 15) is 9.90 Å². The molecule has 0 aromatic carbocycles. The summed E-state index contributed by atoms with van der Waals surface area (Å²) in [4.78, 5) is 12.5. The first-order chi connectivity index (χ1) is 10.7. The summed E-state index contributed by atoms with van der Waals surface area (Å²) in [7, 11) is 0. The van der Waals surface area contributed by atoms with E-state index < -0.39 is 0 Å². The minimum absolute atomic E-state index is 0.0802. The first-order valence-electron chi connectivity index (χ1n) is 9.92. The van der Waals surface area contributed by atoms with Crippen molar-refractivity contribution < 1.29 is 9.90 Å². The highest BCUT2D eigenvalue weighted by Crippen LogP contribution is 2.68. The molecule has 0 aromatic heterocycles. The van der Waals surface area contributed by atoms with E-state index in [0.29, 0.717) is 17.1 Å². The van der Waals surface area contributed by atoms with E-state index in [4.69, 9.17) is 0 Å². The van der Waals surface area contributed by atoms with Gasteiger partial charge in [0, 0.05) is 11.8 Å². The lowest BCUT2D eigenvalue weighted by Crippen LogP contribution is -2.58. The van der Waals surface area contributed by atoms with Crippen LogP contribution in [-0.4, -0.2) is 17.0 Å². The van der Waals surface area contributed by atoms with Gasteiger partial charge < -0.3 is 5.11 Å². The maximum absolute atomic E-state index is 12.5. The zero-order chi connectivity index (χ0) is 16.6. The van der Waals surface area contributed by atoms with E-state index in [0.717, 1.165) is 37.0 Å². The van der Waals surface area contributed by atoms with Crippen molar-refractivity contribution >= 4 is 5.78 Å². The van der Waals surface area contributed by atoms with Gasteiger partial charge in [-0.15, -0.1) is 0 Å². The standard InChI is InChI=1S/C21H34O2/c1-19(2)16-7-5-13-14-6-8-18(23)21(14,4)11-9-15(13)20(16,3)12-10-17(19)22/h13-16,18,23H,5-12H2,1-4H3/t13-,14-,15-,16?,18-,20+,21-/m0/s1. The summed E-state index contributed by atoms with van der Waals surface area (Å²) in [5.74, 6) is 3.34. The van der Waals surface area contributed by atoms with Gasteiger partial charge in [0.1, 0.15) is 5.78 Å². The summed E-state index contributed by atoms with van der Waals surface area (Å²) in [6, 6.07) is 0. The van der Waals surface area contributed by atoms with Crippen molar-refractivity contribution in [2.75, 3.05) is 0 Å². The Labute approximate surface area is 141 Å². The predicted octanol–water partition coefficient (Wildman–Crippen LogP) is 4.60. The minimum Gasteiger partial charge on any atom is -0.393 e. The highest BCUT2D eigenvalue weighted by atomic mass is 16.3. The maximum Gasteiger partial charge on any atom is 0.138 e. The van der Waals surface area contributed by atoms with Crippen LogP contribution >= 0.6 is 0 Å². The van der Waals surface area contributed by atoms with Gasteiger partial charge in [0.2, 0.25) is 0 Å². The zero-order valence-electron chi connectivity index (χ0n) is 15.4. The molecule has 2 heteroatoms.